The van der Waals surface area contributed by atoms with Gasteiger partial charge in [-0.3, -0.25) is 4.90 Å². The van der Waals surface area contributed by atoms with Crippen molar-refractivity contribution in [2.24, 2.45) is 0 Å². The molecule has 0 amide bonds. The lowest BCUT2D eigenvalue weighted by atomic mass is 10.0. The Kier molecular flexibility index (Phi) is 8.03. The van der Waals surface area contributed by atoms with Crippen LogP contribution in [0.3, 0.4) is 0 Å². The minimum atomic E-state index is 0.181. The largest absolute Gasteiger partial charge is 0.496 e. The Morgan fingerprint density at radius 1 is 1.04 bits per heavy atom. The molecule has 1 aromatic rings. The zero-order chi connectivity index (χ0) is 17.5. The molecule has 23 heavy (non-hydrogen) atoms. The van der Waals surface area contributed by atoms with Crippen LogP contribution >= 0.6 is 0 Å². The molecule has 0 spiro atoms. The van der Waals surface area contributed by atoms with Crippen LogP contribution in [0.1, 0.15) is 39.3 Å². The summed E-state index contributed by atoms with van der Waals surface area (Å²) in [7, 11) is 5.67. The van der Waals surface area contributed by atoms with E-state index in [2.05, 4.69) is 56.7 Å². The van der Waals surface area contributed by atoms with Crippen LogP contribution < -0.4 is 4.74 Å². The molecule has 0 N–H and O–H groups in total. The summed E-state index contributed by atoms with van der Waals surface area (Å²) in [5, 5.41) is 0. The molecule has 0 aliphatic rings. The lowest BCUT2D eigenvalue weighted by Gasteiger charge is -2.36. The van der Waals surface area contributed by atoms with Crippen LogP contribution in [0, 0.1) is 0 Å². The lowest BCUT2D eigenvalue weighted by molar-refractivity contribution is 0.0968. The molecule has 0 radical (unpaired) electrons. The molecule has 1 aromatic carbocycles. The maximum atomic E-state index is 5.53. The summed E-state index contributed by atoms with van der Waals surface area (Å²) < 4.78 is 10.8. The standard InChI is InChI=1S/C19H34N2O2/c1-16(17-10-8-9-11-18(17)23-7)21(14-15-22-6)13-12-20(5)19(2,3)4/h8-11,16H,12-15H2,1-7H3/t16-/m0/s1. The number of ether oxygens (including phenoxy) is 2. The first-order chi connectivity index (χ1) is 10.8. The van der Waals surface area contributed by atoms with Gasteiger partial charge >= 0.3 is 0 Å². The molecule has 0 saturated carbocycles. The third-order valence-corrected chi connectivity index (χ3v) is 4.59. The Balaban J connectivity index is 2.83. The second-order valence-electron chi connectivity index (χ2n) is 7.04. The summed E-state index contributed by atoms with van der Waals surface area (Å²) in [5.74, 6) is 0.951. The topological polar surface area (TPSA) is 24.9 Å². The van der Waals surface area contributed by atoms with Crippen molar-refractivity contribution in [1.29, 1.82) is 0 Å². The molecule has 132 valence electrons. The average Bonchev–Trinajstić information content (AvgIpc) is 2.53. The van der Waals surface area contributed by atoms with E-state index in [0.29, 0.717) is 0 Å². The van der Waals surface area contributed by atoms with Crippen molar-refractivity contribution in [3.05, 3.63) is 29.8 Å². The lowest BCUT2D eigenvalue weighted by Crippen LogP contribution is -2.44. The van der Waals surface area contributed by atoms with Crippen LogP contribution in [0.2, 0.25) is 0 Å². The molecule has 1 atom stereocenters. The zero-order valence-electron chi connectivity index (χ0n) is 15.9. The molecule has 0 saturated heterocycles. The first-order valence-electron chi connectivity index (χ1n) is 8.38. The molecule has 0 aromatic heterocycles. The van der Waals surface area contributed by atoms with Gasteiger partial charge in [0.2, 0.25) is 0 Å². The summed E-state index contributed by atoms with van der Waals surface area (Å²) in [4.78, 5) is 4.85. The molecule has 0 aliphatic carbocycles. The second-order valence-corrected chi connectivity index (χ2v) is 7.04. The van der Waals surface area contributed by atoms with E-state index >= 15 is 0 Å². The van der Waals surface area contributed by atoms with Gasteiger partial charge in [0.15, 0.2) is 0 Å². The fourth-order valence-electron chi connectivity index (χ4n) is 2.53. The van der Waals surface area contributed by atoms with Crippen LogP contribution in [-0.4, -0.2) is 62.8 Å². The van der Waals surface area contributed by atoms with E-state index in [1.54, 1.807) is 14.2 Å². The minimum absolute atomic E-state index is 0.181. The SMILES string of the molecule is COCCN(CCN(C)C(C)(C)C)[C@@H](C)c1ccccc1OC. The third-order valence-electron chi connectivity index (χ3n) is 4.59. The number of nitrogens with zero attached hydrogens (tertiary/aromatic N) is 2. The third kappa shape index (κ3) is 6.13. The summed E-state index contributed by atoms with van der Waals surface area (Å²) in [5.41, 5.74) is 1.41. The first kappa shape index (κ1) is 19.9. The van der Waals surface area contributed by atoms with E-state index in [0.717, 1.165) is 32.0 Å². The molecule has 0 aliphatic heterocycles. The molecular weight excluding hydrogens is 288 g/mol. The number of hydrogen-bond acceptors (Lipinski definition) is 4. The fraction of sp³-hybridized carbons (Fsp3) is 0.684. The Labute approximate surface area is 142 Å². The quantitative estimate of drug-likeness (QED) is 0.695. The van der Waals surface area contributed by atoms with E-state index in [-0.39, 0.29) is 11.6 Å². The van der Waals surface area contributed by atoms with Gasteiger partial charge in [-0.1, -0.05) is 18.2 Å². The predicted octanol–water partition coefficient (Wildman–Crippen LogP) is 3.43. The van der Waals surface area contributed by atoms with E-state index in [1.807, 2.05) is 12.1 Å². The van der Waals surface area contributed by atoms with Crippen LogP contribution in [0.25, 0.3) is 0 Å². The molecule has 0 fully saturated rings. The Morgan fingerprint density at radius 2 is 1.70 bits per heavy atom. The van der Waals surface area contributed by atoms with Crippen LogP contribution in [0.4, 0.5) is 0 Å². The highest BCUT2D eigenvalue weighted by molar-refractivity contribution is 5.35. The van der Waals surface area contributed by atoms with Crippen molar-refractivity contribution < 1.29 is 9.47 Å². The number of likely N-dealkylation sites (N-methyl/N-ethyl adjacent to an activating group) is 1. The number of benzene rings is 1. The first-order valence-corrected chi connectivity index (χ1v) is 8.38. The van der Waals surface area contributed by atoms with Gasteiger partial charge in [0.05, 0.1) is 13.7 Å². The van der Waals surface area contributed by atoms with Gasteiger partial charge in [0.25, 0.3) is 0 Å². The minimum Gasteiger partial charge on any atom is -0.496 e. The van der Waals surface area contributed by atoms with Crippen molar-refractivity contribution in [3.8, 4) is 5.75 Å². The highest BCUT2D eigenvalue weighted by Crippen LogP contribution is 2.28. The monoisotopic (exact) mass is 322 g/mol. The van der Waals surface area contributed by atoms with Crippen molar-refractivity contribution >= 4 is 0 Å². The Bertz CT molecular complexity index is 457. The van der Waals surface area contributed by atoms with Gasteiger partial charge in [-0.2, -0.15) is 0 Å². The summed E-state index contributed by atoms with van der Waals surface area (Å²) >= 11 is 0. The van der Waals surface area contributed by atoms with Gasteiger partial charge in [-0.15, -0.1) is 0 Å². The number of para-hydroxylation sites is 1. The molecule has 4 nitrogen and oxygen atoms in total. The molecular formula is C19H34N2O2. The zero-order valence-corrected chi connectivity index (χ0v) is 15.9. The highest BCUT2D eigenvalue weighted by Gasteiger charge is 2.22. The average molecular weight is 322 g/mol. The second kappa shape index (κ2) is 9.26. The van der Waals surface area contributed by atoms with Crippen LogP contribution in [0.5, 0.6) is 5.75 Å². The molecule has 0 heterocycles. The smallest absolute Gasteiger partial charge is 0.123 e. The van der Waals surface area contributed by atoms with Crippen molar-refractivity contribution in [1.82, 2.24) is 9.80 Å². The van der Waals surface area contributed by atoms with Crippen molar-refractivity contribution in [2.75, 3.05) is 47.5 Å². The molecule has 1 rings (SSSR count). The Morgan fingerprint density at radius 3 is 2.26 bits per heavy atom. The number of rotatable bonds is 9. The summed E-state index contributed by atoms with van der Waals surface area (Å²) in [6.07, 6.45) is 0. The van der Waals surface area contributed by atoms with Crippen LogP contribution in [0.15, 0.2) is 24.3 Å². The van der Waals surface area contributed by atoms with Crippen LogP contribution in [-0.2, 0) is 4.74 Å². The normalized spacial score (nSPS) is 13.6. The summed E-state index contributed by atoms with van der Waals surface area (Å²) in [6.45, 7) is 12.6. The maximum absolute atomic E-state index is 5.53. The maximum Gasteiger partial charge on any atom is 0.123 e. The van der Waals surface area contributed by atoms with E-state index in [4.69, 9.17) is 9.47 Å². The predicted molar refractivity (Wildman–Crippen MR) is 97.2 cm³/mol. The van der Waals surface area contributed by atoms with Gasteiger partial charge in [-0.25, -0.2) is 0 Å². The number of methoxy groups -OCH3 is 2. The Hall–Kier alpha value is -1.10. The van der Waals surface area contributed by atoms with Crippen molar-refractivity contribution in [2.45, 2.75) is 39.3 Å². The van der Waals surface area contributed by atoms with Gasteiger partial charge in [-0.05, 0) is 40.8 Å². The molecule has 0 bridgehead atoms. The van der Waals surface area contributed by atoms with E-state index in [9.17, 15) is 0 Å². The fourth-order valence-corrected chi connectivity index (χ4v) is 2.53. The van der Waals surface area contributed by atoms with Gasteiger partial charge < -0.3 is 14.4 Å². The molecule has 0 unspecified atom stereocenters. The van der Waals surface area contributed by atoms with E-state index < -0.39 is 0 Å². The van der Waals surface area contributed by atoms with Crippen molar-refractivity contribution in [3.63, 3.8) is 0 Å². The van der Waals surface area contributed by atoms with Gasteiger partial charge in [0, 0.05) is 43.9 Å². The number of hydrogen-bond donors (Lipinski definition) is 0. The highest BCUT2D eigenvalue weighted by atomic mass is 16.5. The van der Waals surface area contributed by atoms with E-state index in [1.165, 1.54) is 5.56 Å². The summed E-state index contributed by atoms with van der Waals surface area (Å²) in [6, 6.07) is 8.56. The molecule has 4 heteroatoms. The van der Waals surface area contributed by atoms with Gasteiger partial charge in [0.1, 0.15) is 5.75 Å².